The van der Waals surface area contributed by atoms with Gasteiger partial charge in [-0.3, -0.25) is 4.57 Å². The maximum absolute atomic E-state index is 4.81. The Kier molecular flexibility index (Phi) is 2.04. The smallest absolute Gasteiger partial charge is 0.117 e. The van der Waals surface area contributed by atoms with Crippen molar-refractivity contribution in [3.8, 4) is 5.69 Å². The molecular formula is C16H14N2. The van der Waals surface area contributed by atoms with Crippen LogP contribution in [0, 0.1) is 0 Å². The van der Waals surface area contributed by atoms with E-state index in [0.717, 1.165) is 5.52 Å². The second kappa shape index (κ2) is 3.70. The number of benzene rings is 2. The molecule has 0 spiro atoms. The first-order valence-electron chi connectivity index (χ1n) is 6.46. The fourth-order valence-corrected chi connectivity index (χ4v) is 2.51. The summed E-state index contributed by atoms with van der Waals surface area (Å²) in [6.07, 6.45) is 2.55. The molecule has 0 unspecified atom stereocenters. The zero-order chi connectivity index (χ0) is 11.9. The van der Waals surface area contributed by atoms with Crippen LogP contribution in [-0.4, -0.2) is 9.55 Å². The fraction of sp³-hybridized carbons (Fsp3) is 0.188. The summed E-state index contributed by atoms with van der Waals surface area (Å²) in [6.45, 7) is 0. The van der Waals surface area contributed by atoms with Crippen LogP contribution in [0.5, 0.6) is 0 Å². The lowest BCUT2D eigenvalue weighted by atomic mass is 10.2. The zero-order valence-electron chi connectivity index (χ0n) is 10.1. The molecule has 0 atom stereocenters. The predicted octanol–water partition coefficient (Wildman–Crippen LogP) is 3.90. The molecule has 0 amide bonds. The number of nitrogens with zero attached hydrogens (tertiary/aromatic N) is 2. The van der Waals surface area contributed by atoms with Crippen molar-refractivity contribution in [1.29, 1.82) is 0 Å². The molecule has 1 aliphatic carbocycles. The van der Waals surface area contributed by atoms with Gasteiger partial charge in [-0.05, 0) is 37.1 Å². The maximum Gasteiger partial charge on any atom is 0.117 e. The predicted molar refractivity (Wildman–Crippen MR) is 73.0 cm³/mol. The molecule has 1 heterocycles. The Morgan fingerprint density at radius 3 is 2.39 bits per heavy atom. The summed E-state index contributed by atoms with van der Waals surface area (Å²) in [5, 5.41) is 0. The van der Waals surface area contributed by atoms with Gasteiger partial charge in [0.05, 0.1) is 11.0 Å². The number of rotatable bonds is 2. The molecule has 0 bridgehead atoms. The van der Waals surface area contributed by atoms with E-state index in [-0.39, 0.29) is 0 Å². The molecule has 18 heavy (non-hydrogen) atoms. The highest BCUT2D eigenvalue weighted by molar-refractivity contribution is 5.78. The SMILES string of the molecule is c1ccc(-n2c(C3CC3)nc3ccccc32)cc1. The molecule has 1 fully saturated rings. The number of fused-ring (bicyclic) bond motifs is 1. The van der Waals surface area contributed by atoms with Gasteiger partial charge in [0.2, 0.25) is 0 Å². The third kappa shape index (κ3) is 1.46. The van der Waals surface area contributed by atoms with E-state index in [1.165, 1.54) is 29.9 Å². The first-order chi connectivity index (χ1) is 8.93. The van der Waals surface area contributed by atoms with Crippen LogP contribution in [0.2, 0.25) is 0 Å². The van der Waals surface area contributed by atoms with Gasteiger partial charge < -0.3 is 0 Å². The van der Waals surface area contributed by atoms with Gasteiger partial charge in [0.25, 0.3) is 0 Å². The Morgan fingerprint density at radius 1 is 0.889 bits per heavy atom. The molecule has 1 aliphatic rings. The second-order valence-corrected chi connectivity index (χ2v) is 4.90. The molecule has 0 saturated heterocycles. The summed E-state index contributed by atoms with van der Waals surface area (Å²) >= 11 is 0. The molecular weight excluding hydrogens is 220 g/mol. The largest absolute Gasteiger partial charge is 0.296 e. The van der Waals surface area contributed by atoms with Gasteiger partial charge in [-0.1, -0.05) is 30.3 Å². The Labute approximate surface area is 106 Å². The minimum atomic E-state index is 0.651. The Bertz CT molecular complexity index is 693. The van der Waals surface area contributed by atoms with Crippen LogP contribution < -0.4 is 0 Å². The quantitative estimate of drug-likeness (QED) is 0.657. The van der Waals surface area contributed by atoms with Crippen molar-refractivity contribution in [2.75, 3.05) is 0 Å². The summed E-state index contributed by atoms with van der Waals surface area (Å²) in [7, 11) is 0. The van der Waals surface area contributed by atoms with Gasteiger partial charge >= 0.3 is 0 Å². The molecule has 4 rings (SSSR count). The number of hydrogen-bond donors (Lipinski definition) is 0. The average Bonchev–Trinajstić information content (AvgIpc) is 3.20. The van der Waals surface area contributed by atoms with Crippen molar-refractivity contribution >= 4 is 11.0 Å². The van der Waals surface area contributed by atoms with Gasteiger partial charge in [0.1, 0.15) is 5.82 Å². The molecule has 0 N–H and O–H groups in total. The van der Waals surface area contributed by atoms with E-state index in [1.807, 2.05) is 0 Å². The lowest BCUT2D eigenvalue weighted by Crippen LogP contribution is -1.99. The first-order valence-corrected chi connectivity index (χ1v) is 6.46. The Hall–Kier alpha value is -2.09. The minimum absolute atomic E-state index is 0.651. The molecule has 0 aliphatic heterocycles. The van der Waals surface area contributed by atoms with Crippen molar-refractivity contribution in [3.63, 3.8) is 0 Å². The molecule has 2 nitrogen and oxygen atoms in total. The molecule has 1 saturated carbocycles. The summed E-state index contributed by atoms with van der Waals surface area (Å²) in [6, 6.07) is 18.9. The molecule has 2 aromatic carbocycles. The van der Waals surface area contributed by atoms with E-state index in [1.54, 1.807) is 0 Å². The Balaban J connectivity index is 2.04. The van der Waals surface area contributed by atoms with Crippen molar-refractivity contribution in [3.05, 3.63) is 60.4 Å². The van der Waals surface area contributed by atoms with Gasteiger partial charge in [0, 0.05) is 11.6 Å². The van der Waals surface area contributed by atoms with Gasteiger partial charge in [0.15, 0.2) is 0 Å². The minimum Gasteiger partial charge on any atom is -0.296 e. The van der Waals surface area contributed by atoms with E-state index in [0.29, 0.717) is 5.92 Å². The van der Waals surface area contributed by atoms with Crippen LogP contribution in [0.25, 0.3) is 16.7 Å². The topological polar surface area (TPSA) is 17.8 Å². The molecule has 2 heteroatoms. The third-order valence-electron chi connectivity index (χ3n) is 3.54. The van der Waals surface area contributed by atoms with Gasteiger partial charge in [-0.25, -0.2) is 4.98 Å². The highest BCUT2D eigenvalue weighted by Crippen LogP contribution is 2.41. The summed E-state index contributed by atoms with van der Waals surface area (Å²) < 4.78 is 2.31. The monoisotopic (exact) mass is 234 g/mol. The highest BCUT2D eigenvalue weighted by Gasteiger charge is 2.29. The van der Waals surface area contributed by atoms with Crippen LogP contribution in [0.4, 0.5) is 0 Å². The number of para-hydroxylation sites is 3. The number of imidazole rings is 1. The van der Waals surface area contributed by atoms with E-state index >= 15 is 0 Å². The average molecular weight is 234 g/mol. The van der Waals surface area contributed by atoms with Crippen LogP contribution in [-0.2, 0) is 0 Å². The summed E-state index contributed by atoms with van der Waals surface area (Å²) in [5.74, 6) is 1.88. The lowest BCUT2D eigenvalue weighted by molar-refractivity contribution is 0.896. The van der Waals surface area contributed by atoms with E-state index in [2.05, 4.69) is 59.2 Å². The number of hydrogen-bond acceptors (Lipinski definition) is 1. The highest BCUT2D eigenvalue weighted by atomic mass is 15.1. The van der Waals surface area contributed by atoms with Crippen LogP contribution in [0.15, 0.2) is 54.6 Å². The lowest BCUT2D eigenvalue weighted by Gasteiger charge is -2.08. The Morgan fingerprint density at radius 2 is 1.61 bits per heavy atom. The first kappa shape index (κ1) is 9.89. The van der Waals surface area contributed by atoms with E-state index < -0.39 is 0 Å². The van der Waals surface area contributed by atoms with Gasteiger partial charge in [-0.15, -0.1) is 0 Å². The number of aromatic nitrogens is 2. The summed E-state index contributed by atoms with van der Waals surface area (Å²) in [4.78, 5) is 4.81. The van der Waals surface area contributed by atoms with Gasteiger partial charge in [-0.2, -0.15) is 0 Å². The van der Waals surface area contributed by atoms with Crippen molar-refractivity contribution in [2.45, 2.75) is 18.8 Å². The summed E-state index contributed by atoms with van der Waals surface area (Å²) in [5.41, 5.74) is 3.53. The molecule has 1 aromatic heterocycles. The van der Waals surface area contributed by atoms with E-state index in [4.69, 9.17) is 4.98 Å². The van der Waals surface area contributed by atoms with Crippen molar-refractivity contribution in [2.24, 2.45) is 0 Å². The van der Waals surface area contributed by atoms with Crippen molar-refractivity contribution < 1.29 is 0 Å². The van der Waals surface area contributed by atoms with E-state index in [9.17, 15) is 0 Å². The molecule has 88 valence electrons. The van der Waals surface area contributed by atoms with Crippen LogP contribution >= 0.6 is 0 Å². The van der Waals surface area contributed by atoms with Crippen LogP contribution in [0.1, 0.15) is 24.6 Å². The van der Waals surface area contributed by atoms with Crippen LogP contribution in [0.3, 0.4) is 0 Å². The molecule has 0 radical (unpaired) electrons. The normalized spacial score (nSPS) is 15.1. The third-order valence-corrected chi connectivity index (χ3v) is 3.54. The molecule has 3 aromatic rings. The fourth-order valence-electron chi connectivity index (χ4n) is 2.51. The zero-order valence-corrected chi connectivity index (χ0v) is 10.1. The second-order valence-electron chi connectivity index (χ2n) is 4.90. The maximum atomic E-state index is 4.81. The standard InChI is InChI=1S/C16H14N2/c1-2-6-13(7-3-1)18-15-9-5-4-8-14(15)17-16(18)12-10-11-12/h1-9,12H,10-11H2. The van der Waals surface area contributed by atoms with Crippen molar-refractivity contribution in [1.82, 2.24) is 9.55 Å².